The van der Waals surface area contributed by atoms with Gasteiger partial charge in [-0.3, -0.25) is 0 Å². The predicted octanol–water partition coefficient (Wildman–Crippen LogP) is 3.36. The van der Waals surface area contributed by atoms with Crippen molar-refractivity contribution in [3.8, 4) is 0 Å². The Morgan fingerprint density at radius 3 is 2.44 bits per heavy atom. The number of fused-ring (bicyclic) bond motifs is 1. The van der Waals surface area contributed by atoms with Gasteiger partial charge < -0.3 is 4.90 Å². The maximum absolute atomic E-state index is 13.2. The molecular weight excluding hydrogens is 339 g/mol. The largest absolute Gasteiger partial charge is 0.351 e. The van der Waals surface area contributed by atoms with E-state index in [4.69, 9.17) is 0 Å². The Bertz CT molecular complexity index is 1010. The molecule has 4 nitrogen and oxygen atoms in total. The lowest BCUT2D eigenvalue weighted by Gasteiger charge is -2.30. The molecule has 6 heteroatoms. The highest BCUT2D eigenvalue weighted by atomic mass is 32.2. The first-order valence-corrected chi connectivity index (χ1v) is 9.53. The van der Waals surface area contributed by atoms with Gasteiger partial charge in [0.2, 0.25) is 0 Å². The van der Waals surface area contributed by atoms with Gasteiger partial charge in [-0.1, -0.05) is 36.4 Å². The second-order valence-electron chi connectivity index (χ2n) is 6.29. The zero-order chi connectivity index (χ0) is 17.6. The van der Waals surface area contributed by atoms with E-state index in [0.29, 0.717) is 23.5 Å². The molecular formula is C19H17FN2O2S. The average molecular weight is 356 g/mol. The van der Waals surface area contributed by atoms with Gasteiger partial charge in [-0.2, -0.15) is 8.42 Å². The van der Waals surface area contributed by atoms with Crippen molar-refractivity contribution >= 4 is 20.8 Å². The maximum Gasteiger partial charge on any atom is 0.285 e. The Labute approximate surface area is 146 Å². The summed E-state index contributed by atoms with van der Waals surface area (Å²) in [6.07, 6.45) is 0.856. The molecule has 25 heavy (non-hydrogen) atoms. The van der Waals surface area contributed by atoms with Crippen LogP contribution in [0.3, 0.4) is 0 Å². The molecule has 0 spiro atoms. The molecule has 0 radical (unpaired) electrons. The monoisotopic (exact) mass is 356 g/mol. The van der Waals surface area contributed by atoms with E-state index in [9.17, 15) is 12.8 Å². The minimum absolute atomic E-state index is 0.168. The Kier molecular flexibility index (Phi) is 3.72. The summed E-state index contributed by atoms with van der Waals surface area (Å²) in [4.78, 5) is 2.17. The minimum Gasteiger partial charge on any atom is -0.351 e. The minimum atomic E-state index is -3.77. The lowest BCUT2D eigenvalue weighted by atomic mass is 9.99. The third kappa shape index (κ3) is 2.76. The summed E-state index contributed by atoms with van der Waals surface area (Å²) in [7, 11) is -3.77. The first-order chi connectivity index (χ1) is 12.0. The summed E-state index contributed by atoms with van der Waals surface area (Å²) in [6.45, 7) is 3.13. The molecule has 0 fully saturated rings. The van der Waals surface area contributed by atoms with Gasteiger partial charge in [-0.25, -0.2) is 4.39 Å². The van der Waals surface area contributed by atoms with E-state index in [1.54, 1.807) is 6.92 Å². The van der Waals surface area contributed by atoms with Crippen LogP contribution >= 0.6 is 0 Å². The normalized spacial score (nSPS) is 19.0. The number of sulfonamides is 1. The van der Waals surface area contributed by atoms with Crippen LogP contribution in [0.5, 0.6) is 0 Å². The Morgan fingerprint density at radius 1 is 1.04 bits per heavy atom. The van der Waals surface area contributed by atoms with E-state index < -0.39 is 15.8 Å². The van der Waals surface area contributed by atoms with Crippen LogP contribution in [0.2, 0.25) is 0 Å². The lowest BCUT2D eigenvalue weighted by molar-refractivity contribution is 0.395. The van der Waals surface area contributed by atoms with E-state index in [2.05, 4.69) is 16.5 Å². The summed E-state index contributed by atoms with van der Waals surface area (Å²) in [5, 5.41) is 0. The van der Waals surface area contributed by atoms with E-state index in [-0.39, 0.29) is 4.91 Å². The molecule has 0 N–H and O–H groups in total. The van der Waals surface area contributed by atoms with E-state index in [0.717, 1.165) is 13.0 Å². The smallest absolute Gasteiger partial charge is 0.285 e. The van der Waals surface area contributed by atoms with Gasteiger partial charge in [0.25, 0.3) is 10.0 Å². The fourth-order valence-corrected chi connectivity index (χ4v) is 4.94. The quantitative estimate of drug-likeness (QED) is 0.787. The lowest BCUT2D eigenvalue weighted by Crippen LogP contribution is -2.35. The molecule has 0 unspecified atom stereocenters. The highest BCUT2D eigenvalue weighted by molar-refractivity contribution is 8.00. The van der Waals surface area contributed by atoms with Crippen molar-refractivity contribution in [3.63, 3.8) is 0 Å². The molecule has 0 saturated carbocycles. The number of amidine groups is 1. The number of hydrogen-bond acceptors (Lipinski definition) is 3. The SMILES string of the molecule is CC1=C(c2ccc(F)cc2)S(=O)(=O)N=C1N1CCc2ccccc2C1. The molecule has 0 aliphatic carbocycles. The molecule has 2 aliphatic rings. The van der Waals surface area contributed by atoms with Crippen LogP contribution in [-0.2, 0) is 23.0 Å². The van der Waals surface area contributed by atoms with Crippen LogP contribution in [0.1, 0.15) is 23.6 Å². The fraction of sp³-hybridized carbons (Fsp3) is 0.211. The molecule has 0 saturated heterocycles. The van der Waals surface area contributed by atoms with Crippen molar-refractivity contribution in [3.05, 3.63) is 76.6 Å². The first kappa shape index (κ1) is 16.0. The van der Waals surface area contributed by atoms with E-state index >= 15 is 0 Å². The molecule has 2 aliphatic heterocycles. The molecule has 0 amide bonds. The number of halogens is 1. The predicted molar refractivity (Wildman–Crippen MR) is 95.9 cm³/mol. The maximum atomic E-state index is 13.2. The topological polar surface area (TPSA) is 49.7 Å². The van der Waals surface area contributed by atoms with Gasteiger partial charge in [0.05, 0.1) is 0 Å². The van der Waals surface area contributed by atoms with Gasteiger partial charge in [0.1, 0.15) is 16.6 Å². The number of rotatable bonds is 1. The van der Waals surface area contributed by atoms with Gasteiger partial charge in [-0.15, -0.1) is 4.40 Å². The van der Waals surface area contributed by atoms with Crippen molar-refractivity contribution in [2.24, 2.45) is 4.40 Å². The van der Waals surface area contributed by atoms with Gasteiger partial charge in [0.15, 0.2) is 0 Å². The third-order valence-corrected chi connectivity index (χ3v) is 6.15. The van der Waals surface area contributed by atoms with Crippen LogP contribution in [0.4, 0.5) is 4.39 Å². The third-order valence-electron chi connectivity index (χ3n) is 4.68. The molecule has 2 aromatic carbocycles. The number of benzene rings is 2. The Morgan fingerprint density at radius 2 is 1.72 bits per heavy atom. The van der Waals surface area contributed by atoms with Crippen LogP contribution < -0.4 is 0 Å². The van der Waals surface area contributed by atoms with Crippen LogP contribution in [0.15, 0.2) is 58.5 Å². The molecule has 0 aromatic heterocycles. The summed E-state index contributed by atoms with van der Waals surface area (Å²) < 4.78 is 42.4. The van der Waals surface area contributed by atoms with Crippen LogP contribution in [-0.4, -0.2) is 25.7 Å². The Balaban J connectivity index is 1.73. The summed E-state index contributed by atoms with van der Waals surface area (Å²) in [5.74, 6) is 0.0972. The van der Waals surface area contributed by atoms with Crippen LogP contribution in [0, 0.1) is 5.82 Å². The molecule has 4 rings (SSSR count). The standard InChI is InChI=1S/C19H17FN2O2S/c1-13-18(15-6-8-17(20)9-7-15)25(23,24)21-19(13)22-11-10-14-4-2-3-5-16(14)12-22/h2-9H,10-12H2,1H3. The van der Waals surface area contributed by atoms with Crippen molar-refractivity contribution in [1.82, 2.24) is 4.90 Å². The average Bonchev–Trinajstić information content (AvgIpc) is 2.85. The summed E-state index contributed by atoms with van der Waals surface area (Å²) >= 11 is 0. The molecule has 128 valence electrons. The van der Waals surface area contributed by atoms with E-state index in [1.807, 2.05) is 17.0 Å². The second-order valence-corrected chi connectivity index (χ2v) is 7.83. The van der Waals surface area contributed by atoms with Crippen molar-refractivity contribution < 1.29 is 12.8 Å². The zero-order valence-corrected chi connectivity index (χ0v) is 14.6. The van der Waals surface area contributed by atoms with Gasteiger partial charge in [-0.05, 0) is 42.2 Å². The zero-order valence-electron chi connectivity index (χ0n) is 13.7. The first-order valence-electron chi connectivity index (χ1n) is 8.09. The van der Waals surface area contributed by atoms with Crippen molar-refractivity contribution in [2.75, 3.05) is 6.54 Å². The number of hydrogen-bond donors (Lipinski definition) is 0. The second kappa shape index (κ2) is 5.81. The summed E-state index contributed by atoms with van der Waals surface area (Å²) in [5.41, 5.74) is 3.57. The highest BCUT2D eigenvalue weighted by Crippen LogP contribution is 2.34. The van der Waals surface area contributed by atoms with Gasteiger partial charge in [0, 0.05) is 18.7 Å². The van der Waals surface area contributed by atoms with Crippen LogP contribution in [0.25, 0.3) is 4.91 Å². The number of nitrogens with zero attached hydrogens (tertiary/aromatic N) is 2. The fourth-order valence-electron chi connectivity index (χ4n) is 3.46. The highest BCUT2D eigenvalue weighted by Gasteiger charge is 2.34. The van der Waals surface area contributed by atoms with Crippen molar-refractivity contribution in [1.29, 1.82) is 0 Å². The van der Waals surface area contributed by atoms with E-state index in [1.165, 1.54) is 35.4 Å². The molecule has 2 aromatic rings. The Hall–Kier alpha value is -2.47. The van der Waals surface area contributed by atoms with Gasteiger partial charge >= 0.3 is 0 Å². The molecule has 0 atom stereocenters. The molecule has 0 bridgehead atoms. The van der Waals surface area contributed by atoms with Crippen molar-refractivity contribution in [2.45, 2.75) is 19.9 Å². The molecule has 2 heterocycles. The summed E-state index contributed by atoms with van der Waals surface area (Å²) in [6, 6.07) is 13.7.